The molecule has 33 heavy (non-hydrogen) atoms. The summed E-state index contributed by atoms with van der Waals surface area (Å²) in [6.07, 6.45) is 1.40. The van der Waals surface area contributed by atoms with Gasteiger partial charge in [-0.2, -0.15) is 5.26 Å². The van der Waals surface area contributed by atoms with E-state index >= 15 is 0 Å². The van der Waals surface area contributed by atoms with Crippen LogP contribution in [0.4, 0.5) is 0 Å². The smallest absolute Gasteiger partial charge is 0.293 e. The molecule has 0 spiro atoms. The van der Waals surface area contributed by atoms with Gasteiger partial charge in [0.1, 0.15) is 0 Å². The van der Waals surface area contributed by atoms with Crippen LogP contribution in [-0.4, -0.2) is 9.13 Å². The Balaban J connectivity index is 1.88. The highest BCUT2D eigenvalue weighted by Crippen LogP contribution is 2.27. The van der Waals surface area contributed by atoms with Crippen LogP contribution in [0.15, 0.2) is 94.5 Å². The molecule has 0 fully saturated rings. The summed E-state index contributed by atoms with van der Waals surface area (Å²) in [7, 11) is 0. The van der Waals surface area contributed by atoms with Crippen molar-refractivity contribution < 1.29 is 0 Å². The van der Waals surface area contributed by atoms with E-state index in [1.54, 1.807) is 16.7 Å². The second kappa shape index (κ2) is 9.97. The number of rotatable bonds is 7. The number of aromatic nitrogens is 2. The van der Waals surface area contributed by atoms with Gasteiger partial charge in [0.15, 0.2) is 0 Å². The molecule has 3 aromatic carbocycles. The highest BCUT2D eigenvalue weighted by Gasteiger charge is 2.16. The molecule has 1 aromatic heterocycles. The van der Waals surface area contributed by atoms with E-state index in [1.807, 2.05) is 79.7 Å². The van der Waals surface area contributed by atoms with Crippen molar-refractivity contribution in [3.63, 3.8) is 0 Å². The van der Waals surface area contributed by atoms with Gasteiger partial charge in [-0.15, -0.1) is 0 Å². The third-order valence-electron chi connectivity index (χ3n) is 5.75. The lowest BCUT2D eigenvalue weighted by atomic mass is 9.95. The maximum Gasteiger partial charge on any atom is 0.331 e. The molecule has 5 heteroatoms. The molecular weight excluding hydrogens is 410 g/mol. The largest absolute Gasteiger partial charge is 0.331 e. The van der Waals surface area contributed by atoms with Crippen LogP contribution < -0.4 is 11.2 Å². The highest BCUT2D eigenvalue weighted by atomic mass is 16.2. The molecule has 0 atom stereocenters. The number of aryl methyl sites for hydroxylation is 1. The number of nitriles is 1. The lowest BCUT2D eigenvalue weighted by molar-refractivity contribution is 0.582. The fourth-order valence-electron chi connectivity index (χ4n) is 4.11. The van der Waals surface area contributed by atoms with E-state index in [1.165, 1.54) is 4.57 Å². The van der Waals surface area contributed by atoms with Crippen molar-refractivity contribution in [2.45, 2.75) is 32.9 Å². The van der Waals surface area contributed by atoms with Crippen LogP contribution in [0.1, 0.15) is 35.7 Å². The fourth-order valence-corrected chi connectivity index (χ4v) is 4.11. The van der Waals surface area contributed by atoms with Crippen LogP contribution in [0.5, 0.6) is 0 Å². The Morgan fingerprint density at radius 2 is 1.52 bits per heavy atom. The van der Waals surface area contributed by atoms with Gasteiger partial charge in [-0.3, -0.25) is 13.9 Å². The maximum absolute atomic E-state index is 13.6. The first-order chi connectivity index (χ1) is 16.1. The van der Waals surface area contributed by atoms with Gasteiger partial charge in [0, 0.05) is 11.8 Å². The topological polar surface area (TPSA) is 67.8 Å². The highest BCUT2D eigenvalue weighted by molar-refractivity contribution is 5.70. The molecule has 0 aliphatic rings. The predicted octanol–water partition coefficient (Wildman–Crippen LogP) is 4.60. The number of benzene rings is 3. The van der Waals surface area contributed by atoms with E-state index in [4.69, 9.17) is 0 Å². The van der Waals surface area contributed by atoms with Crippen LogP contribution in [-0.2, 0) is 19.5 Å². The lowest BCUT2D eigenvalue weighted by Crippen LogP contribution is -2.41. The summed E-state index contributed by atoms with van der Waals surface area (Å²) in [5.41, 5.74) is 4.08. The predicted molar refractivity (Wildman–Crippen MR) is 130 cm³/mol. The minimum Gasteiger partial charge on any atom is -0.293 e. The molecule has 0 bridgehead atoms. The van der Waals surface area contributed by atoms with E-state index in [-0.39, 0.29) is 24.3 Å². The zero-order valence-corrected chi connectivity index (χ0v) is 18.6. The Hall–Kier alpha value is -4.17. The van der Waals surface area contributed by atoms with Crippen LogP contribution in [0.25, 0.3) is 11.1 Å². The number of nitrogens with zero attached hydrogens (tertiary/aromatic N) is 3. The summed E-state index contributed by atoms with van der Waals surface area (Å²) in [4.78, 5) is 26.4. The Morgan fingerprint density at radius 3 is 2.18 bits per heavy atom. The second-order valence-corrected chi connectivity index (χ2v) is 7.97. The van der Waals surface area contributed by atoms with Crippen molar-refractivity contribution in [3.05, 3.63) is 128 Å². The molecule has 4 aromatic rings. The maximum atomic E-state index is 13.6. The summed E-state index contributed by atoms with van der Waals surface area (Å²) < 4.78 is 2.92. The van der Waals surface area contributed by atoms with Gasteiger partial charge >= 0.3 is 5.69 Å². The van der Waals surface area contributed by atoms with E-state index in [9.17, 15) is 14.9 Å². The minimum atomic E-state index is -0.360. The minimum absolute atomic E-state index is 0.205. The normalized spacial score (nSPS) is 10.7. The zero-order valence-electron chi connectivity index (χ0n) is 18.6. The molecule has 0 saturated carbocycles. The molecule has 0 aliphatic heterocycles. The third-order valence-corrected chi connectivity index (χ3v) is 5.75. The number of hydrogen-bond acceptors (Lipinski definition) is 3. The second-order valence-electron chi connectivity index (χ2n) is 7.97. The van der Waals surface area contributed by atoms with Gasteiger partial charge in [0.25, 0.3) is 5.56 Å². The Labute approximate surface area is 192 Å². The standard InChI is InChI=1S/C28H25N3O2/c1-2-10-24-17-27(32)31(19-21-11-5-3-6-12-21)28(33)30(24)20-26-23(18-29)15-9-16-25(26)22-13-7-4-8-14-22/h3-9,11-17H,2,10,19-20H2,1H3. The average molecular weight is 436 g/mol. The SMILES string of the molecule is CCCc1cc(=O)n(Cc2ccccc2)c(=O)n1Cc1c(C#N)cccc1-c1ccccc1. The number of hydrogen-bond donors (Lipinski definition) is 0. The zero-order chi connectivity index (χ0) is 23.2. The van der Waals surface area contributed by atoms with Crippen molar-refractivity contribution in [1.29, 1.82) is 5.26 Å². The lowest BCUT2D eigenvalue weighted by Gasteiger charge is -2.18. The molecule has 4 rings (SSSR count). The summed E-state index contributed by atoms with van der Waals surface area (Å²) in [5.74, 6) is 0. The molecule has 0 N–H and O–H groups in total. The first-order valence-electron chi connectivity index (χ1n) is 11.1. The van der Waals surface area contributed by atoms with E-state index < -0.39 is 0 Å². The average Bonchev–Trinajstić information content (AvgIpc) is 2.85. The molecule has 0 unspecified atom stereocenters. The first kappa shape index (κ1) is 22.0. The molecule has 164 valence electrons. The van der Waals surface area contributed by atoms with Crippen molar-refractivity contribution in [2.75, 3.05) is 0 Å². The van der Waals surface area contributed by atoms with E-state index in [0.29, 0.717) is 17.7 Å². The first-order valence-corrected chi connectivity index (χ1v) is 11.1. The Kier molecular flexibility index (Phi) is 6.66. The van der Waals surface area contributed by atoms with E-state index in [2.05, 4.69) is 6.07 Å². The Bertz CT molecular complexity index is 1410. The van der Waals surface area contributed by atoms with Gasteiger partial charge in [-0.1, -0.05) is 86.1 Å². The van der Waals surface area contributed by atoms with Gasteiger partial charge < -0.3 is 0 Å². The van der Waals surface area contributed by atoms with Crippen molar-refractivity contribution in [3.8, 4) is 17.2 Å². The monoisotopic (exact) mass is 435 g/mol. The summed E-state index contributed by atoms with van der Waals surface area (Å²) in [5, 5.41) is 9.81. The van der Waals surface area contributed by atoms with Crippen LogP contribution in [0, 0.1) is 11.3 Å². The molecule has 0 radical (unpaired) electrons. The van der Waals surface area contributed by atoms with Gasteiger partial charge in [0.05, 0.1) is 24.7 Å². The van der Waals surface area contributed by atoms with Crippen molar-refractivity contribution in [2.24, 2.45) is 0 Å². The quantitative estimate of drug-likeness (QED) is 0.426. The molecule has 0 amide bonds. The molecule has 1 heterocycles. The van der Waals surface area contributed by atoms with Crippen LogP contribution in [0.3, 0.4) is 0 Å². The van der Waals surface area contributed by atoms with Crippen LogP contribution in [0.2, 0.25) is 0 Å². The van der Waals surface area contributed by atoms with Crippen LogP contribution >= 0.6 is 0 Å². The molecular formula is C28H25N3O2. The molecule has 0 saturated heterocycles. The van der Waals surface area contributed by atoms with Crippen molar-refractivity contribution >= 4 is 0 Å². The fraction of sp³-hybridized carbons (Fsp3) is 0.179. The van der Waals surface area contributed by atoms with E-state index in [0.717, 1.165) is 28.7 Å². The van der Waals surface area contributed by atoms with Gasteiger partial charge in [0.2, 0.25) is 0 Å². The Morgan fingerprint density at radius 1 is 0.818 bits per heavy atom. The van der Waals surface area contributed by atoms with Gasteiger partial charge in [-0.25, -0.2) is 4.79 Å². The summed E-state index contributed by atoms with van der Waals surface area (Å²) >= 11 is 0. The summed E-state index contributed by atoms with van der Waals surface area (Å²) in [6, 6.07) is 28.7. The molecule has 0 aliphatic carbocycles. The van der Waals surface area contributed by atoms with Crippen molar-refractivity contribution in [1.82, 2.24) is 9.13 Å². The third kappa shape index (κ3) is 4.70. The summed E-state index contributed by atoms with van der Waals surface area (Å²) in [6.45, 7) is 2.44. The van der Waals surface area contributed by atoms with Gasteiger partial charge in [-0.05, 0) is 34.7 Å². The molecule has 5 nitrogen and oxygen atoms in total.